The Bertz CT molecular complexity index is 755. The quantitative estimate of drug-likeness (QED) is 0.768. The number of methoxy groups -OCH3 is 1. The molecule has 0 fully saturated rings. The first-order valence-corrected chi connectivity index (χ1v) is 6.89. The molecule has 134 valence electrons. The zero-order chi connectivity index (χ0) is 18.4. The van der Waals surface area contributed by atoms with Crippen molar-refractivity contribution >= 4 is 11.6 Å². The molecule has 1 amide bonds. The molecule has 0 aliphatic carbocycles. The molecule has 0 atom stereocenters. The van der Waals surface area contributed by atoms with Crippen LogP contribution in [0.5, 0.6) is 17.2 Å². The first-order chi connectivity index (χ1) is 11.9. The summed E-state index contributed by atoms with van der Waals surface area (Å²) in [6, 6.07) is 6.50. The van der Waals surface area contributed by atoms with Gasteiger partial charge in [-0.05, 0) is 24.3 Å². The van der Waals surface area contributed by atoms with Gasteiger partial charge in [0, 0.05) is 17.8 Å². The fourth-order valence-corrected chi connectivity index (χ4v) is 1.88. The molecule has 2 aromatic rings. The number of carbonyl (C=O) groups excluding carboxylic acids is 1. The molecule has 25 heavy (non-hydrogen) atoms. The van der Waals surface area contributed by atoms with Crippen LogP contribution in [0, 0.1) is 11.6 Å². The van der Waals surface area contributed by atoms with Gasteiger partial charge in [0.25, 0.3) is 5.91 Å². The summed E-state index contributed by atoms with van der Waals surface area (Å²) in [7, 11) is 1.27. The van der Waals surface area contributed by atoms with E-state index in [1.54, 1.807) is 0 Å². The van der Waals surface area contributed by atoms with Crippen LogP contribution in [0.2, 0.25) is 0 Å². The lowest BCUT2D eigenvalue weighted by Crippen LogP contribution is -2.20. The zero-order valence-electron chi connectivity index (χ0n) is 12.9. The maximum atomic E-state index is 13.4. The standard InChI is InChI=1S/C16H13F4NO4/c1-23-13-5-3-10(7-14(13)25-16(19)20)21-15(22)8-24-12-4-2-9(17)6-11(12)18/h2-7,16H,8H2,1H3,(H,21,22). The van der Waals surface area contributed by atoms with Crippen LogP contribution in [0.1, 0.15) is 0 Å². The second-order valence-electron chi connectivity index (χ2n) is 4.66. The van der Waals surface area contributed by atoms with Gasteiger partial charge in [0.05, 0.1) is 7.11 Å². The van der Waals surface area contributed by atoms with E-state index < -0.39 is 30.8 Å². The number of alkyl halides is 2. The summed E-state index contributed by atoms with van der Waals surface area (Å²) in [5.74, 6) is -2.92. The van der Waals surface area contributed by atoms with E-state index in [-0.39, 0.29) is 22.9 Å². The minimum absolute atomic E-state index is 0.0583. The van der Waals surface area contributed by atoms with Crippen LogP contribution in [-0.4, -0.2) is 26.2 Å². The first kappa shape index (κ1) is 18.4. The van der Waals surface area contributed by atoms with Crippen molar-refractivity contribution in [1.29, 1.82) is 0 Å². The van der Waals surface area contributed by atoms with Crippen molar-refractivity contribution < 1.29 is 36.6 Å². The molecule has 9 heteroatoms. The van der Waals surface area contributed by atoms with E-state index in [9.17, 15) is 22.4 Å². The zero-order valence-corrected chi connectivity index (χ0v) is 12.9. The van der Waals surface area contributed by atoms with E-state index in [1.807, 2.05) is 0 Å². The molecule has 0 saturated carbocycles. The number of amides is 1. The van der Waals surface area contributed by atoms with Crippen LogP contribution in [0.4, 0.5) is 23.2 Å². The number of hydrogen-bond acceptors (Lipinski definition) is 4. The van der Waals surface area contributed by atoms with E-state index in [2.05, 4.69) is 10.1 Å². The maximum absolute atomic E-state index is 13.4. The van der Waals surface area contributed by atoms with Gasteiger partial charge in [0.15, 0.2) is 29.7 Å². The van der Waals surface area contributed by atoms with Gasteiger partial charge in [-0.1, -0.05) is 0 Å². The monoisotopic (exact) mass is 359 g/mol. The van der Waals surface area contributed by atoms with Gasteiger partial charge in [0.1, 0.15) is 5.82 Å². The number of ether oxygens (including phenoxy) is 3. The lowest BCUT2D eigenvalue weighted by atomic mass is 10.2. The summed E-state index contributed by atoms with van der Waals surface area (Å²) in [6.07, 6.45) is 0. The molecule has 5 nitrogen and oxygen atoms in total. The Labute approximate surface area is 140 Å². The smallest absolute Gasteiger partial charge is 0.387 e. The molecule has 0 bridgehead atoms. The van der Waals surface area contributed by atoms with Crippen molar-refractivity contribution in [2.24, 2.45) is 0 Å². The third-order valence-corrected chi connectivity index (χ3v) is 2.92. The molecule has 2 rings (SSSR count). The van der Waals surface area contributed by atoms with Crippen LogP contribution in [-0.2, 0) is 4.79 Å². The average molecular weight is 359 g/mol. The maximum Gasteiger partial charge on any atom is 0.387 e. The van der Waals surface area contributed by atoms with Crippen LogP contribution >= 0.6 is 0 Å². The fourth-order valence-electron chi connectivity index (χ4n) is 1.88. The minimum atomic E-state index is -3.07. The number of anilines is 1. The average Bonchev–Trinajstić information content (AvgIpc) is 2.54. The predicted octanol–water partition coefficient (Wildman–Crippen LogP) is 3.59. The first-order valence-electron chi connectivity index (χ1n) is 6.89. The van der Waals surface area contributed by atoms with Crippen LogP contribution in [0.15, 0.2) is 36.4 Å². The van der Waals surface area contributed by atoms with Crippen molar-refractivity contribution in [2.45, 2.75) is 6.61 Å². The molecule has 0 unspecified atom stereocenters. The van der Waals surface area contributed by atoms with Gasteiger partial charge >= 0.3 is 6.61 Å². The van der Waals surface area contributed by atoms with Crippen molar-refractivity contribution in [3.05, 3.63) is 48.0 Å². The Morgan fingerprint density at radius 2 is 1.80 bits per heavy atom. The van der Waals surface area contributed by atoms with E-state index >= 15 is 0 Å². The number of halogens is 4. The van der Waals surface area contributed by atoms with Crippen molar-refractivity contribution in [1.82, 2.24) is 0 Å². The Morgan fingerprint density at radius 1 is 1.08 bits per heavy atom. The number of benzene rings is 2. The normalized spacial score (nSPS) is 10.5. The molecular weight excluding hydrogens is 346 g/mol. The summed E-state index contributed by atoms with van der Waals surface area (Å²) in [5, 5.41) is 2.37. The van der Waals surface area contributed by atoms with E-state index in [4.69, 9.17) is 9.47 Å². The largest absolute Gasteiger partial charge is 0.493 e. The van der Waals surface area contributed by atoms with Crippen LogP contribution < -0.4 is 19.5 Å². The van der Waals surface area contributed by atoms with Gasteiger partial charge in [-0.25, -0.2) is 8.78 Å². The van der Waals surface area contributed by atoms with Gasteiger partial charge in [-0.2, -0.15) is 8.78 Å². The van der Waals surface area contributed by atoms with Gasteiger partial charge in [0.2, 0.25) is 0 Å². The summed E-state index contributed by atoms with van der Waals surface area (Å²) in [6.45, 7) is -3.63. The summed E-state index contributed by atoms with van der Waals surface area (Å²) >= 11 is 0. The van der Waals surface area contributed by atoms with Gasteiger partial charge in [-0.3, -0.25) is 4.79 Å². The number of rotatable bonds is 7. The Balaban J connectivity index is 2.00. The lowest BCUT2D eigenvalue weighted by molar-refractivity contribution is -0.118. The molecule has 2 aromatic carbocycles. The Kier molecular flexibility index (Phi) is 6.04. The third kappa shape index (κ3) is 5.27. The fraction of sp³-hybridized carbons (Fsp3) is 0.188. The predicted molar refractivity (Wildman–Crippen MR) is 80.1 cm³/mol. The van der Waals surface area contributed by atoms with E-state index in [0.29, 0.717) is 6.07 Å². The third-order valence-electron chi connectivity index (χ3n) is 2.92. The van der Waals surface area contributed by atoms with Crippen molar-refractivity contribution in [3.63, 3.8) is 0 Å². The molecular formula is C16H13F4NO4. The van der Waals surface area contributed by atoms with Gasteiger partial charge < -0.3 is 19.5 Å². The highest BCUT2D eigenvalue weighted by Gasteiger charge is 2.13. The number of nitrogens with one attached hydrogen (secondary N) is 1. The van der Waals surface area contributed by atoms with Gasteiger partial charge in [-0.15, -0.1) is 0 Å². The van der Waals surface area contributed by atoms with E-state index in [0.717, 1.165) is 18.2 Å². The molecule has 0 saturated heterocycles. The Morgan fingerprint density at radius 3 is 2.44 bits per heavy atom. The van der Waals surface area contributed by atoms with Crippen molar-refractivity contribution in [3.8, 4) is 17.2 Å². The highest BCUT2D eigenvalue weighted by Crippen LogP contribution is 2.31. The van der Waals surface area contributed by atoms with Crippen LogP contribution in [0.25, 0.3) is 0 Å². The highest BCUT2D eigenvalue weighted by molar-refractivity contribution is 5.92. The molecule has 1 N–H and O–H groups in total. The number of carbonyl (C=O) groups is 1. The topological polar surface area (TPSA) is 56.8 Å². The summed E-state index contributed by atoms with van der Waals surface area (Å²) < 4.78 is 65.0. The number of hydrogen-bond donors (Lipinski definition) is 1. The second kappa shape index (κ2) is 8.22. The molecule has 0 aromatic heterocycles. The lowest BCUT2D eigenvalue weighted by Gasteiger charge is -2.12. The van der Waals surface area contributed by atoms with Crippen LogP contribution in [0.3, 0.4) is 0 Å². The molecule has 0 aliphatic rings. The summed E-state index contributed by atoms with van der Waals surface area (Å²) in [4.78, 5) is 11.8. The molecule has 0 spiro atoms. The van der Waals surface area contributed by atoms with E-state index in [1.165, 1.54) is 19.2 Å². The highest BCUT2D eigenvalue weighted by atomic mass is 19.3. The summed E-state index contributed by atoms with van der Waals surface area (Å²) in [5.41, 5.74) is 0.143. The molecule has 0 radical (unpaired) electrons. The minimum Gasteiger partial charge on any atom is -0.493 e. The van der Waals surface area contributed by atoms with Crippen molar-refractivity contribution in [2.75, 3.05) is 19.0 Å². The molecule has 0 aliphatic heterocycles. The molecule has 0 heterocycles. The SMILES string of the molecule is COc1ccc(NC(=O)COc2ccc(F)cc2F)cc1OC(F)F. The second-order valence-corrected chi connectivity index (χ2v) is 4.66. The Hall–Kier alpha value is -2.97.